The summed E-state index contributed by atoms with van der Waals surface area (Å²) in [7, 11) is 0. The predicted octanol–water partition coefficient (Wildman–Crippen LogP) is 4.40. The van der Waals surface area contributed by atoms with Crippen molar-refractivity contribution in [2.45, 2.75) is 63.5 Å². The third-order valence-corrected chi connectivity index (χ3v) is 7.55. The average molecular weight is 571 g/mol. The molecule has 4 N–H and O–H groups in total. The highest BCUT2D eigenvalue weighted by Gasteiger charge is 2.54. The van der Waals surface area contributed by atoms with Gasteiger partial charge in [-0.05, 0) is 52.8 Å². The molecule has 3 atom stereocenters. The van der Waals surface area contributed by atoms with Gasteiger partial charge in [-0.1, -0.05) is 18.7 Å². The summed E-state index contributed by atoms with van der Waals surface area (Å²) in [6.45, 7) is 9.18. The van der Waals surface area contributed by atoms with Gasteiger partial charge in [0, 0.05) is 22.7 Å². The number of carbonyl (C=O) groups is 2. The number of anilines is 1. The van der Waals surface area contributed by atoms with Crippen LogP contribution in [0.25, 0.3) is 0 Å². The Balaban J connectivity index is 1.87. The van der Waals surface area contributed by atoms with Gasteiger partial charge in [-0.15, -0.1) is 0 Å². The first-order chi connectivity index (χ1) is 17.8. The Morgan fingerprint density at radius 1 is 1.15 bits per heavy atom. The Morgan fingerprint density at radius 2 is 1.82 bits per heavy atom. The number of nitrogens with zero attached hydrogens (tertiary/aromatic N) is 3. The van der Waals surface area contributed by atoms with Crippen molar-refractivity contribution in [2.24, 2.45) is 16.6 Å². The molecular weight excluding hydrogens is 540 g/mol. The number of aromatic nitrogens is 2. The number of halogens is 4. The first-order valence-electron chi connectivity index (χ1n) is 11.8. The second-order valence-electron chi connectivity index (χ2n) is 10.5. The van der Waals surface area contributed by atoms with E-state index in [0.717, 1.165) is 30.2 Å². The Kier molecular flexibility index (Phi) is 8.21. The molecule has 9 nitrogen and oxygen atoms in total. The third kappa shape index (κ3) is 6.97. The van der Waals surface area contributed by atoms with E-state index >= 15 is 4.39 Å². The summed E-state index contributed by atoms with van der Waals surface area (Å²) in [5.41, 5.74) is 4.44. The van der Waals surface area contributed by atoms with E-state index in [1.54, 1.807) is 20.8 Å². The number of carbonyl (C=O) groups excluding carboxylic acids is 2. The van der Waals surface area contributed by atoms with E-state index < -0.39 is 52.1 Å². The maximum atomic E-state index is 15.2. The number of rotatable bonds is 6. The molecule has 212 valence electrons. The molecule has 1 aromatic heterocycles. The molecule has 0 saturated heterocycles. The minimum absolute atomic E-state index is 0.104. The van der Waals surface area contributed by atoms with E-state index in [1.807, 2.05) is 20.8 Å². The number of thioether (sulfide) groups is 1. The Hall–Kier alpha value is -3.42. The maximum absolute atomic E-state index is 15.2. The number of nitrogens with one attached hydrogen (secondary N) is 2. The fourth-order valence-electron chi connectivity index (χ4n) is 4.04. The minimum atomic E-state index is -4.55. The van der Waals surface area contributed by atoms with Gasteiger partial charge >= 0.3 is 6.18 Å². The van der Waals surface area contributed by atoms with Gasteiger partial charge < -0.3 is 21.1 Å². The zero-order valence-corrected chi connectivity index (χ0v) is 23.1. The Morgan fingerprint density at radius 3 is 2.38 bits per heavy atom. The van der Waals surface area contributed by atoms with Crippen molar-refractivity contribution in [3.05, 3.63) is 47.7 Å². The molecule has 0 saturated carbocycles. The fourth-order valence-corrected chi connectivity index (χ4v) is 5.26. The monoisotopic (exact) mass is 570 g/mol. The third-order valence-electron chi connectivity index (χ3n) is 6.28. The van der Waals surface area contributed by atoms with Gasteiger partial charge in [-0.2, -0.15) is 13.2 Å². The van der Waals surface area contributed by atoms with Crippen LogP contribution in [0.1, 0.15) is 57.6 Å². The molecule has 0 aliphatic carbocycles. The lowest BCUT2D eigenvalue weighted by atomic mass is 9.73. The Labute approximate surface area is 227 Å². The zero-order valence-electron chi connectivity index (χ0n) is 22.2. The lowest BCUT2D eigenvalue weighted by molar-refractivity contribution is -0.154. The van der Waals surface area contributed by atoms with Crippen LogP contribution in [-0.2, 0) is 10.3 Å². The van der Waals surface area contributed by atoms with Crippen LogP contribution in [0.2, 0.25) is 0 Å². The first-order valence-corrected chi connectivity index (χ1v) is 12.7. The molecule has 2 amide bonds. The highest BCUT2D eigenvalue weighted by atomic mass is 32.2. The molecule has 1 aliphatic heterocycles. The smallest absolute Gasteiger partial charge is 0.422 e. The van der Waals surface area contributed by atoms with Gasteiger partial charge in [-0.25, -0.2) is 14.4 Å². The molecule has 0 radical (unpaired) electrons. The van der Waals surface area contributed by atoms with Crippen molar-refractivity contribution in [3.63, 3.8) is 0 Å². The van der Waals surface area contributed by atoms with Crippen LogP contribution in [0.5, 0.6) is 5.88 Å². The zero-order chi connectivity index (χ0) is 29.4. The van der Waals surface area contributed by atoms with Gasteiger partial charge in [0.15, 0.2) is 11.8 Å². The van der Waals surface area contributed by atoms with Crippen LogP contribution in [0.4, 0.5) is 23.2 Å². The van der Waals surface area contributed by atoms with Crippen LogP contribution in [-0.4, -0.2) is 50.0 Å². The molecule has 39 heavy (non-hydrogen) atoms. The van der Waals surface area contributed by atoms with E-state index in [-0.39, 0.29) is 28.0 Å². The van der Waals surface area contributed by atoms with Gasteiger partial charge in [0.2, 0.25) is 11.8 Å². The van der Waals surface area contributed by atoms with Crippen LogP contribution in [0.3, 0.4) is 0 Å². The molecular formula is C25H30F4N6O3S. The molecule has 1 aliphatic rings. The molecule has 0 spiro atoms. The van der Waals surface area contributed by atoms with Crippen LogP contribution in [0, 0.1) is 11.7 Å². The summed E-state index contributed by atoms with van der Waals surface area (Å²) in [5.74, 6) is -2.57. The molecule has 0 bridgehead atoms. The number of hydrogen-bond donors (Lipinski definition) is 3. The van der Waals surface area contributed by atoms with Gasteiger partial charge in [-0.3, -0.25) is 14.6 Å². The second kappa shape index (κ2) is 10.6. The summed E-state index contributed by atoms with van der Waals surface area (Å²) in [4.78, 5) is 38.0. The number of alkyl halides is 3. The second-order valence-corrected chi connectivity index (χ2v) is 12.0. The van der Waals surface area contributed by atoms with E-state index in [4.69, 9.17) is 5.73 Å². The topological polar surface area (TPSA) is 132 Å². The number of benzene rings is 1. The standard InChI is InChI=1S/C25H30F4N6O3S/c1-13-23(5,35-21(30)39-24(13,6)20(37)34-22(2,3)4)15-9-14(7-8-16(15)26)33-19(36)17-10-32-18(11-31-17)38-12-25(27,28)29/h7-11,13H,12H2,1-6H3,(H2,30,35)(H,33,36)(H,34,37)/t13-,23-,24-/m0/s1. The Bertz CT molecular complexity index is 1280. The summed E-state index contributed by atoms with van der Waals surface area (Å²) in [5, 5.41) is 5.64. The summed E-state index contributed by atoms with van der Waals surface area (Å²) in [6, 6.07) is 3.88. The SMILES string of the molecule is C[C@@H]1[C@@](C)(C(=O)NC(C)(C)C)SC(N)=N[C@]1(C)c1cc(NC(=O)c2cnc(OCC(F)(F)F)cn2)ccc1F. The summed E-state index contributed by atoms with van der Waals surface area (Å²) in [6.07, 6.45) is -2.71. The molecule has 2 heterocycles. The van der Waals surface area contributed by atoms with Crippen LogP contribution >= 0.6 is 11.8 Å². The average Bonchev–Trinajstić information content (AvgIpc) is 2.81. The van der Waals surface area contributed by atoms with Gasteiger partial charge in [0.25, 0.3) is 5.91 Å². The van der Waals surface area contributed by atoms with Crippen LogP contribution < -0.4 is 21.1 Å². The highest BCUT2D eigenvalue weighted by Crippen LogP contribution is 2.50. The van der Waals surface area contributed by atoms with E-state index in [1.165, 1.54) is 12.1 Å². The van der Waals surface area contributed by atoms with Gasteiger partial charge in [0.05, 0.1) is 17.9 Å². The van der Waals surface area contributed by atoms with E-state index in [2.05, 4.69) is 30.3 Å². The largest absolute Gasteiger partial charge is 0.467 e. The van der Waals surface area contributed by atoms with Crippen molar-refractivity contribution in [3.8, 4) is 5.88 Å². The first kappa shape index (κ1) is 30.1. The van der Waals surface area contributed by atoms with E-state index in [9.17, 15) is 22.8 Å². The van der Waals surface area contributed by atoms with Crippen molar-refractivity contribution < 1.29 is 31.9 Å². The molecule has 0 fully saturated rings. The number of nitrogens with two attached hydrogens (primary N) is 1. The van der Waals surface area contributed by atoms with Crippen molar-refractivity contribution in [1.29, 1.82) is 0 Å². The number of aliphatic imine (C=N–C) groups is 1. The fraction of sp³-hybridized carbons (Fsp3) is 0.480. The van der Waals surface area contributed by atoms with Crippen molar-refractivity contribution in [1.82, 2.24) is 15.3 Å². The molecule has 14 heteroatoms. The molecule has 3 rings (SSSR count). The van der Waals surface area contributed by atoms with Crippen LogP contribution in [0.15, 0.2) is 35.6 Å². The van der Waals surface area contributed by atoms with Gasteiger partial charge in [0.1, 0.15) is 16.3 Å². The number of amides is 2. The van der Waals surface area contributed by atoms with E-state index in [0.29, 0.717) is 0 Å². The number of ether oxygens (including phenoxy) is 1. The normalized spacial score (nSPS) is 23.5. The highest BCUT2D eigenvalue weighted by molar-refractivity contribution is 8.15. The number of hydrogen-bond acceptors (Lipinski definition) is 8. The lowest BCUT2D eigenvalue weighted by Crippen LogP contribution is -2.59. The number of amidine groups is 1. The summed E-state index contributed by atoms with van der Waals surface area (Å²) >= 11 is 1.10. The minimum Gasteiger partial charge on any atom is -0.467 e. The molecule has 1 aromatic carbocycles. The predicted molar refractivity (Wildman–Crippen MR) is 140 cm³/mol. The summed E-state index contributed by atoms with van der Waals surface area (Å²) < 4.78 is 55.6. The maximum Gasteiger partial charge on any atom is 0.422 e. The van der Waals surface area contributed by atoms with Crippen molar-refractivity contribution in [2.75, 3.05) is 11.9 Å². The van der Waals surface area contributed by atoms with Crippen molar-refractivity contribution >= 4 is 34.4 Å². The molecule has 2 aromatic rings. The lowest BCUT2D eigenvalue weighted by Gasteiger charge is -2.47. The quantitative estimate of drug-likeness (QED) is 0.439. The molecule has 0 unspecified atom stereocenters.